The van der Waals surface area contributed by atoms with Gasteiger partial charge in [0.25, 0.3) is 0 Å². The zero-order valence-corrected chi connectivity index (χ0v) is 13.5. The molecule has 1 aromatic rings. The first-order chi connectivity index (χ1) is 10.1. The summed E-state index contributed by atoms with van der Waals surface area (Å²) < 4.78 is 26.2. The molecule has 0 radical (unpaired) electrons. The van der Waals surface area contributed by atoms with Crippen LogP contribution >= 0.6 is 0 Å². The van der Waals surface area contributed by atoms with Crippen molar-refractivity contribution in [1.29, 1.82) is 0 Å². The van der Waals surface area contributed by atoms with Crippen LogP contribution in [-0.2, 0) is 16.3 Å². The average Bonchev–Trinajstić information content (AvgIpc) is 2.88. The number of nitrogens with one attached hydrogen (secondary N) is 1. The molecule has 2 aliphatic carbocycles. The van der Waals surface area contributed by atoms with E-state index in [1.807, 2.05) is 19.1 Å². The van der Waals surface area contributed by atoms with Crippen molar-refractivity contribution in [2.45, 2.75) is 62.0 Å². The predicted molar refractivity (Wildman–Crippen MR) is 86.1 cm³/mol. The molecular formula is C17H25NO2S. The summed E-state index contributed by atoms with van der Waals surface area (Å²) in [6, 6.07) is 8.16. The standard InChI is InChI=1S/C17H25NO2S/c1-2-18-17-15-11-7-6-8-13(15)12-16(17)21(19,20)14-9-4-3-5-10-14/h6-8,11,14,16-18H,2-5,9-10,12H2,1H3. The molecule has 3 nitrogen and oxygen atoms in total. The molecule has 21 heavy (non-hydrogen) atoms. The Labute approximate surface area is 128 Å². The SMILES string of the molecule is CCNC1c2ccccc2CC1S(=O)(=O)C1CCCCC1. The summed E-state index contributed by atoms with van der Waals surface area (Å²) in [6.07, 6.45) is 5.70. The Kier molecular flexibility index (Phi) is 4.36. The van der Waals surface area contributed by atoms with Crippen LogP contribution in [0.25, 0.3) is 0 Å². The second-order valence-electron chi connectivity index (χ2n) is 6.33. The molecule has 1 fully saturated rings. The maximum atomic E-state index is 13.1. The Morgan fingerprint density at radius 1 is 1.14 bits per heavy atom. The monoisotopic (exact) mass is 307 g/mol. The quantitative estimate of drug-likeness (QED) is 0.930. The summed E-state index contributed by atoms with van der Waals surface area (Å²) in [5, 5.41) is 3.02. The maximum absolute atomic E-state index is 13.1. The van der Waals surface area contributed by atoms with Gasteiger partial charge in [-0.05, 0) is 36.9 Å². The van der Waals surface area contributed by atoms with Gasteiger partial charge < -0.3 is 5.32 Å². The van der Waals surface area contributed by atoms with Crippen LogP contribution in [0.3, 0.4) is 0 Å². The lowest BCUT2D eigenvalue weighted by Crippen LogP contribution is -2.40. The molecule has 0 bridgehead atoms. The Bertz CT molecular complexity index is 591. The van der Waals surface area contributed by atoms with Gasteiger partial charge in [0, 0.05) is 6.04 Å². The van der Waals surface area contributed by atoms with Crippen molar-refractivity contribution in [3.05, 3.63) is 35.4 Å². The Hall–Kier alpha value is -0.870. The van der Waals surface area contributed by atoms with Gasteiger partial charge in [0.1, 0.15) is 0 Å². The van der Waals surface area contributed by atoms with Crippen molar-refractivity contribution in [3.8, 4) is 0 Å². The molecule has 0 amide bonds. The van der Waals surface area contributed by atoms with Gasteiger partial charge in [-0.3, -0.25) is 0 Å². The van der Waals surface area contributed by atoms with Crippen LogP contribution in [0.15, 0.2) is 24.3 Å². The predicted octanol–water partition coefficient (Wildman–Crippen LogP) is 3.01. The van der Waals surface area contributed by atoms with Crippen LogP contribution in [-0.4, -0.2) is 25.5 Å². The Balaban J connectivity index is 1.91. The number of rotatable bonds is 4. The first-order valence-electron chi connectivity index (χ1n) is 8.18. The van der Waals surface area contributed by atoms with Crippen LogP contribution in [0.1, 0.15) is 56.2 Å². The van der Waals surface area contributed by atoms with Crippen LogP contribution in [0.2, 0.25) is 0 Å². The van der Waals surface area contributed by atoms with Gasteiger partial charge in [-0.25, -0.2) is 8.42 Å². The van der Waals surface area contributed by atoms with E-state index in [-0.39, 0.29) is 16.5 Å². The zero-order chi connectivity index (χ0) is 14.9. The highest BCUT2D eigenvalue weighted by molar-refractivity contribution is 7.92. The molecule has 116 valence electrons. The third-order valence-corrected chi connectivity index (χ3v) is 7.73. The maximum Gasteiger partial charge on any atom is 0.158 e. The van der Waals surface area contributed by atoms with Gasteiger partial charge >= 0.3 is 0 Å². The second kappa shape index (κ2) is 6.09. The molecule has 0 saturated heterocycles. The van der Waals surface area contributed by atoms with Crippen LogP contribution < -0.4 is 5.32 Å². The number of hydrogen-bond donors (Lipinski definition) is 1. The lowest BCUT2D eigenvalue weighted by Gasteiger charge is -2.28. The summed E-state index contributed by atoms with van der Waals surface area (Å²) in [5.74, 6) is 0. The number of hydrogen-bond acceptors (Lipinski definition) is 3. The largest absolute Gasteiger partial charge is 0.309 e. The van der Waals surface area contributed by atoms with Crippen LogP contribution in [0, 0.1) is 0 Å². The van der Waals surface area contributed by atoms with Crippen molar-refractivity contribution in [2.24, 2.45) is 0 Å². The van der Waals surface area contributed by atoms with E-state index < -0.39 is 9.84 Å². The highest BCUT2D eigenvalue weighted by Gasteiger charge is 2.43. The average molecular weight is 307 g/mol. The molecular weight excluding hydrogens is 282 g/mol. The van der Waals surface area contributed by atoms with Crippen molar-refractivity contribution >= 4 is 9.84 Å². The number of fused-ring (bicyclic) bond motifs is 1. The Morgan fingerprint density at radius 2 is 1.86 bits per heavy atom. The second-order valence-corrected chi connectivity index (χ2v) is 8.78. The zero-order valence-electron chi connectivity index (χ0n) is 12.7. The summed E-state index contributed by atoms with van der Waals surface area (Å²) >= 11 is 0. The fourth-order valence-corrected chi connectivity index (χ4v) is 6.49. The van der Waals surface area contributed by atoms with Crippen molar-refractivity contribution in [2.75, 3.05) is 6.54 Å². The van der Waals surface area contributed by atoms with Crippen LogP contribution in [0.5, 0.6) is 0 Å². The molecule has 0 aromatic heterocycles. The first kappa shape index (κ1) is 15.0. The minimum Gasteiger partial charge on any atom is -0.309 e. The minimum atomic E-state index is -3.06. The third-order valence-electron chi connectivity index (χ3n) is 5.05. The molecule has 0 spiro atoms. The van der Waals surface area contributed by atoms with Gasteiger partial charge in [-0.15, -0.1) is 0 Å². The number of sulfone groups is 1. The van der Waals surface area contributed by atoms with Crippen molar-refractivity contribution < 1.29 is 8.42 Å². The Morgan fingerprint density at radius 3 is 2.57 bits per heavy atom. The smallest absolute Gasteiger partial charge is 0.158 e. The molecule has 0 aliphatic heterocycles. The van der Waals surface area contributed by atoms with Gasteiger partial charge in [-0.1, -0.05) is 50.5 Å². The molecule has 2 unspecified atom stereocenters. The third kappa shape index (κ3) is 2.76. The normalized spacial score (nSPS) is 26.7. The summed E-state index contributed by atoms with van der Waals surface area (Å²) in [6.45, 7) is 2.85. The van der Waals surface area contributed by atoms with Crippen molar-refractivity contribution in [1.82, 2.24) is 5.32 Å². The van der Waals surface area contributed by atoms with Crippen LogP contribution in [0.4, 0.5) is 0 Å². The van der Waals surface area contributed by atoms with E-state index in [9.17, 15) is 8.42 Å². The lowest BCUT2D eigenvalue weighted by atomic mass is 10.0. The van der Waals surface area contributed by atoms with E-state index in [0.29, 0.717) is 6.42 Å². The highest BCUT2D eigenvalue weighted by Crippen LogP contribution is 2.39. The molecule has 3 rings (SSSR count). The number of benzene rings is 1. The first-order valence-corrected chi connectivity index (χ1v) is 9.79. The lowest BCUT2D eigenvalue weighted by molar-refractivity contribution is 0.462. The molecule has 1 N–H and O–H groups in total. The molecule has 1 aromatic carbocycles. The molecule has 2 aliphatic rings. The fraction of sp³-hybridized carbons (Fsp3) is 0.647. The summed E-state index contributed by atoms with van der Waals surface area (Å²) in [7, 11) is -3.06. The summed E-state index contributed by atoms with van der Waals surface area (Å²) in [5.41, 5.74) is 2.39. The van der Waals surface area contributed by atoms with Crippen molar-refractivity contribution in [3.63, 3.8) is 0 Å². The molecule has 2 atom stereocenters. The van der Waals surface area contributed by atoms with Gasteiger partial charge in [0.05, 0.1) is 10.5 Å². The van der Waals surface area contributed by atoms with E-state index in [0.717, 1.165) is 32.2 Å². The van der Waals surface area contributed by atoms with Gasteiger partial charge in [0.15, 0.2) is 9.84 Å². The van der Waals surface area contributed by atoms with E-state index in [2.05, 4.69) is 17.4 Å². The minimum absolute atomic E-state index is 0.0295. The van der Waals surface area contributed by atoms with Gasteiger partial charge in [0.2, 0.25) is 0 Å². The molecule has 0 heterocycles. The highest BCUT2D eigenvalue weighted by atomic mass is 32.2. The fourth-order valence-electron chi connectivity index (χ4n) is 3.97. The van der Waals surface area contributed by atoms with E-state index in [4.69, 9.17) is 0 Å². The topological polar surface area (TPSA) is 46.2 Å². The molecule has 1 saturated carbocycles. The summed E-state index contributed by atoms with van der Waals surface area (Å²) in [4.78, 5) is 0. The van der Waals surface area contributed by atoms with Gasteiger partial charge in [-0.2, -0.15) is 0 Å². The molecule has 4 heteroatoms. The van der Waals surface area contributed by atoms with E-state index in [1.54, 1.807) is 0 Å². The van der Waals surface area contributed by atoms with E-state index >= 15 is 0 Å². The van der Waals surface area contributed by atoms with E-state index in [1.165, 1.54) is 17.5 Å².